The molecule has 3 rings (SSSR count). The maximum atomic E-state index is 12.4. The van der Waals surface area contributed by atoms with E-state index in [-0.39, 0.29) is 24.2 Å². The molecule has 0 bridgehead atoms. The Morgan fingerprint density at radius 3 is 2.83 bits per heavy atom. The van der Waals surface area contributed by atoms with Gasteiger partial charge in [0.1, 0.15) is 18.8 Å². The van der Waals surface area contributed by atoms with E-state index in [1.165, 1.54) is 11.8 Å². The molecule has 1 aromatic rings. The number of cyclic esters (lactones) is 1. The lowest BCUT2D eigenvalue weighted by molar-refractivity contribution is -0.177. The lowest BCUT2D eigenvalue weighted by Crippen LogP contribution is -2.58. The van der Waals surface area contributed by atoms with Gasteiger partial charge in [-0.2, -0.15) is 0 Å². The third-order valence-corrected chi connectivity index (χ3v) is 5.30. The predicted molar refractivity (Wildman–Crippen MR) is 91.8 cm³/mol. The molecule has 2 aliphatic heterocycles. The van der Waals surface area contributed by atoms with Gasteiger partial charge < -0.3 is 9.47 Å². The molecule has 4 atom stereocenters. The predicted octanol–water partition coefficient (Wildman–Crippen LogP) is 3.68. The standard InChI is InChI=1S/C18H22BrNO3/c1-3-22-11-15-10-20-16(18(21)23-15)9-4-12(2)17(20)13-5-7-14(19)8-6-13/h3,5-8,12,15-17H,1,4,9-11H2,2H3/t12-,15-,16+,17+/m1/s1. The second kappa shape index (κ2) is 7.05. The van der Waals surface area contributed by atoms with Crippen LogP contribution in [-0.4, -0.2) is 36.2 Å². The molecule has 2 fully saturated rings. The number of carbonyl (C=O) groups is 1. The van der Waals surface area contributed by atoms with Crippen LogP contribution in [0.3, 0.4) is 0 Å². The third-order valence-electron chi connectivity index (χ3n) is 4.77. The average molecular weight is 380 g/mol. The van der Waals surface area contributed by atoms with Gasteiger partial charge in [0.05, 0.1) is 6.26 Å². The molecule has 2 aliphatic rings. The van der Waals surface area contributed by atoms with Crippen molar-refractivity contribution in [1.82, 2.24) is 4.90 Å². The summed E-state index contributed by atoms with van der Waals surface area (Å²) in [5.74, 6) is 0.377. The van der Waals surface area contributed by atoms with Crippen LogP contribution in [0.1, 0.15) is 31.4 Å². The number of rotatable bonds is 4. The first-order valence-electron chi connectivity index (χ1n) is 8.04. The van der Waals surface area contributed by atoms with Crippen molar-refractivity contribution in [3.63, 3.8) is 0 Å². The zero-order valence-electron chi connectivity index (χ0n) is 13.3. The van der Waals surface area contributed by atoms with Crippen molar-refractivity contribution in [3.05, 3.63) is 47.1 Å². The number of carbonyl (C=O) groups excluding carboxylic acids is 1. The van der Waals surface area contributed by atoms with E-state index in [9.17, 15) is 4.79 Å². The van der Waals surface area contributed by atoms with Gasteiger partial charge in [-0.25, -0.2) is 0 Å². The minimum absolute atomic E-state index is 0.122. The largest absolute Gasteiger partial charge is 0.498 e. The van der Waals surface area contributed by atoms with Crippen LogP contribution in [0.5, 0.6) is 0 Å². The lowest BCUT2D eigenvalue weighted by atomic mass is 9.82. The first kappa shape index (κ1) is 16.5. The summed E-state index contributed by atoms with van der Waals surface area (Å²) in [6.45, 7) is 6.87. The van der Waals surface area contributed by atoms with Crippen LogP contribution >= 0.6 is 15.9 Å². The summed E-state index contributed by atoms with van der Waals surface area (Å²) in [7, 11) is 0. The number of morpholine rings is 1. The molecule has 23 heavy (non-hydrogen) atoms. The molecule has 0 unspecified atom stereocenters. The molecule has 0 amide bonds. The molecule has 0 radical (unpaired) electrons. The Morgan fingerprint density at radius 1 is 1.39 bits per heavy atom. The molecule has 0 aliphatic carbocycles. The van der Waals surface area contributed by atoms with Crippen LogP contribution in [0.25, 0.3) is 0 Å². The van der Waals surface area contributed by atoms with Gasteiger partial charge in [0.15, 0.2) is 0 Å². The topological polar surface area (TPSA) is 38.8 Å². The molecule has 5 heteroatoms. The maximum absolute atomic E-state index is 12.4. The van der Waals surface area contributed by atoms with Gasteiger partial charge in [0.2, 0.25) is 0 Å². The van der Waals surface area contributed by atoms with Crippen molar-refractivity contribution < 1.29 is 14.3 Å². The first-order chi connectivity index (χ1) is 11.1. The molecular formula is C18H22BrNO3. The van der Waals surface area contributed by atoms with Crippen LogP contribution in [0.2, 0.25) is 0 Å². The van der Waals surface area contributed by atoms with Crippen molar-refractivity contribution in [2.24, 2.45) is 5.92 Å². The molecule has 124 valence electrons. The highest BCUT2D eigenvalue weighted by Crippen LogP contribution is 2.41. The van der Waals surface area contributed by atoms with Crippen molar-refractivity contribution in [3.8, 4) is 0 Å². The second-order valence-electron chi connectivity index (χ2n) is 6.32. The number of benzene rings is 1. The van der Waals surface area contributed by atoms with Gasteiger partial charge in [-0.3, -0.25) is 9.69 Å². The fourth-order valence-electron chi connectivity index (χ4n) is 3.72. The third kappa shape index (κ3) is 3.45. The molecule has 1 aromatic carbocycles. The molecule has 0 aromatic heterocycles. The summed E-state index contributed by atoms with van der Waals surface area (Å²) < 4.78 is 11.8. The lowest BCUT2D eigenvalue weighted by Gasteiger charge is -2.48. The fraction of sp³-hybridized carbons (Fsp3) is 0.500. The Bertz CT molecular complexity index is 574. The zero-order valence-corrected chi connectivity index (χ0v) is 14.9. The van der Waals surface area contributed by atoms with Gasteiger partial charge in [-0.05, 0) is 36.5 Å². The highest BCUT2D eigenvalue weighted by Gasteiger charge is 2.45. The Kier molecular flexibility index (Phi) is 5.07. The molecular weight excluding hydrogens is 358 g/mol. The second-order valence-corrected chi connectivity index (χ2v) is 7.24. The first-order valence-corrected chi connectivity index (χ1v) is 8.83. The Morgan fingerprint density at radius 2 is 2.13 bits per heavy atom. The Balaban J connectivity index is 1.85. The summed E-state index contributed by atoms with van der Waals surface area (Å²) in [5.41, 5.74) is 1.25. The monoisotopic (exact) mass is 379 g/mol. The van der Waals surface area contributed by atoms with E-state index in [4.69, 9.17) is 9.47 Å². The number of ether oxygens (including phenoxy) is 2. The molecule has 0 N–H and O–H groups in total. The van der Waals surface area contributed by atoms with E-state index in [1.54, 1.807) is 0 Å². The van der Waals surface area contributed by atoms with Crippen molar-refractivity contribution in [1.29, 1.82) is 0 Å². The Hall–Kier alpha value is -1.33. The fourth-order valence-corrected chi connectivity index (χ4v) is 3.98. The van der Waals surface area contributed by atoms with E-state index in [0.717, 1.165) is 17.3 Å². The summed E-state index contributed by atoms with van der Waals surface area (Å²) in [4.78, 5) is 14.7. The summed E-state index contributed by atoms with van der Waals surface area (Å²) in [5, 5.41) is 0. The number of hydrogen-bond donors (Lipinski definition) is 0. The maximum Gasteiger partial charge on any atom is 0.323 e. The van der Waals surface area contributed by atoms with Crippen LogP contribution in [-0.2, 0) is 14.3 Å². The van der Waals surface area contributed by atoms with Gasteiger partial charge in [-0.1, -0.05) is 41.6 Å². The number of halogens is 1. The van der Waals surface area contributed by atoms with Crippen molar-refractivity contribution in [2.45, 2.75) is 38.0 Å². The number of esters is 1. The van der Waals surface area contributed by atoms with Crippen LogP contribution in [0.15, 0.2) is 41.6 Å². The van der Waals surface area contributed by atoms with Gasteiger partial charge in [0.25, 0.3) is 0 Å². The summed E-state index contributed by atoms with van der Waals surface area (Å²) in [6.07, 6.45) is 3.05. The van der Waals surface area contributed by atoms with Gasteiger partial charge in [0, 0.05) is 17.1 Å². The van der Waals surface area contributed by atoms with Crippen LogP contribution < -0.4 is 0 Å². The molecule has 2 heterocycles. The smallest absolute Gasteiger partial charge is 0.323 e. The van der Waals surface area contributed by atoms with Gasteiger partial charge in [-0.15, -0.1) is 0 Å². The minimum Gasteiger partial charge on any atom is -0.498 e. The molecule has 0 spiro atoms. The summed E-state index contributed by atoms with van der Waals surface area (Å²) >= 11 is 3.49. The van der Waals surface area contributed by atoms with E-state index in [0.29, 0.717) is 19.1 Å². The molecule has 4 nitrogen and oxygen atoms in total. The van der Waals surface area contributed by atoms with Crippen LogP contribution in [0.4, 0.5) is 0 Å². The SMILES string of the molecule is C=COC[C@H]1CN2[C@H](c3ccc(Br)cc3)[C@H](C)CC[C@H]2C(=O)O1. The zero-order chi connectivity index (χ0) is 16.4. The quantitative estimate of drug-likeness (QED) is 0.590. The summed E-state index contributed by atoms with van der Waals surface area (Å²) in [6, 6.07) is 8.50. The molecule has 0 saturated carbocycles. The average Bonchev–Trinajstić information content (AvgIpc) is 2.54. The highest BCUT2D eigenvalue weighted by atomic mass is 79.9. The Labute approximate surface area is 145 Å². The van der Waals surface area contributed by atoms with Crippen LogP contribution in [0, 0.1) is 5.92 Å². The van der Waals surface area contributed by atoms with E-state index in [1.807, 2.05) is 0 Å². The van der Waals surface area contributed by atoms with E-state index >= 15 is 0 Å². The number of hydrogen-bond acceptors (Lipinski definition) is 4. The number of fused-ring (bicyclic) bond motifs is 1. The van der Waals surface area contributed by atoms with Gasteiger partial charge >= 0.3 is 5.97 Å². The molecule has 2 saturated heterocycles. The minimum atomic E-state index is -0.236. The normalized spacial score (nSPS) is 31.1. The highest BCUT2D eigenvalue weighted by molar-refractivity contribution is 9.10. The number of piperidine rings is 1. The van der Waals surface area contributed by atoms with Crippen molar-refractivity contribution in [2.75, 3.05) is 13.2 Å². The van der Waals surface area contributed by atoms with E-state index in [2.05, 4.69) is 58.6 Å². The number of nitrogens with zero attached hydrogens (tertiary/aromatic N) is 1. The van der Waals surface area contributed by atoms with E-state index < -0.39 is 0 Å². The van der Waals surface area contributed by atoms with Crippen molar-refractivity contribution >= 4 is 21.9 Å².